The summed E-state index contributed by atoms with van der Waals surface area (Å²) in [6.45, 7) is 2.28. The first-order chi connectivity index (χ1) is 11.9. The van der Waals surface area contributed by atoms with Crippen LogP contribution in [0.1, 0.15) is 51.0 Å². The van der Waals surface area contributed by atoms with Crippen molar-refractivity contribution >= 4 is 32.3 Å². The van der Waals surface area contributed by atoms with Crippen LogP contribution in [0.15, 0.2) is 48.5 Å². The SMILES string of the molecule is CCCCCCCCc1cc2ccc3c[c]cc4ccc(c1)c2c34. The van der Waals surface area contributed by atoms with Gasteiger partial charge >= 0.3 is 0 Å². The third kappa shape index (κ3) is 2.86. The van der Waals surface area contributed by atoms with Crippen LogP contribution in [0, 0.1) is 6.07 Å². The van der Waals surface area contributed by atoms with Gasteiger partial charge in [0.2, 0.25) is 0 Å². The number of rotatable bonds is 7. The normalized spacial score (nSPS) is 11.9. The van der Waals surface area contributed by atoms with Gasteiger partial charge in [0.25, 0.3) is 0 Å². The lowest BCUT2D eigenvalue weighted by atomic mass is 9.92. The molecule has 1 radical (unpaired) electrons. The smallest absolute Gasteiger partial charge is 0.00264 e. The van der Waals surface area contributed by atoms with Gasteiger partial charge in [0.15, 0.2) is 0 Å². The van der Waals surface area contributed by atoms with Gasteiger partial charge in [-0.1, -0.05) is 75.4 Å². The molecule has 0 N–H and O–H groups in total. The zero-order valence-electron chi connectivity index (χ0n) is 14.6. The molecule has 0 aliphatic heterocycles. The van der Waals surface area contributed by atoms with Gasteiger partial charge in [-0.05, 0) is 68.9 Å². The lowest BCUT2D eigenvalue weighted by molar-refractivity contribution is 0.608. The van der Waals surface area contributed by atoms with Crippen LogP contribution in [-0.4, -0.2) is 0 Å². The van der Waals surface area contributed by atoms with Crippen LogP contribution < -0.4 is 0 Å². The van der Waals surface area contributed by atoms with Gasteiger partial charge in [-0.15, -0.1) is 0 Å². The maximum absolute atomic E-state index is 3.26. The molecule has 0 heterocycles. The topological polar surface area (TPSA) is 0 Å². The molecule has 0 saturated carbocycles. The van der Waals surface area contributed by atoms with Crippen LogP contribution in [0.4, 0.5) is 0 Å². The van der Waals surface area contributed by atoms with Crippen LogP contribution >= 0.6 is 0 Å². The van der Waals surface area contributed by atoms with Gasteiger partial charge in [0, 0.05) is 0 Å². The molecule has 0 nitrogen and oxygen atoms in total. The first-order valence-electron chi connectivity index (χ1n) is 9.44. The van der Waals surface area contributed by atoms with Crippen molar-refractivity contribution in [3.05, 3.63) is 60.2 Å². The second-order valence-corrected chi connectivity index (χ2v) is 7.07. The van der Waals surface area contributed by atoms with E-state index in [1.54, 1.807) is 0 Å². The number of aryl methyl sites for hydroxylation is 1. The molecule has 0 fully saturated rings. The van der Waals surface area contributed by atoms with Crippen molar-refractivity contribution in [3.63, 3.8) is 0 Å². The Kier molecular flexibility index (Phi) is 4.38. The third-order valence-electron chi connectivity index (χ3n) is 5.27. The Morgan fingerprint density at radius 2 is 1.21 bits per heavy atom. The van der Waals surface area contributed by atoms with Crippen LogP contribution in [-0.2, 0) is 6.42 Å². The molecule has 4 rings (SSSR count). The van der Waals surface area contributed by atoms with Gasteiger partial charge in [-0.3, -0.25) is 0 Å². The monoisotopic (exact) mass is 313 g/mol. The van der Waals surface area contributed by atoms with Gasteiger partial charge in [0.05, 0.1) is 0 Å². The highest BCUT2D eigenvalue weighted by Gasteiger charge is 2.08. The molecule has 0 amide bonds. The lowest BCUT2D eigenvalue weighted by Crippen LogP contribution is -1.90. The molecular weight excluding hydrogens is 288 g/mol. The summed E-state index contributed by atoms with van der Waals surface area (Å²) < 4.78 is 0. The summed E-state index contributed by atoms with van der Waals surface area (Å²) in [5, 5.41) is 8.19. The molecule has 0 spiro atoms. The highest BCUT2D eigenvalue weighted by atomic mass is 14.1. The first-order valence-corrected chi connectivity index (χ1v) is 9.44. The Bertz CT molecular complexity index is 884. The van der Waals surface area contributed by atoms with E-state index in [9.17, 15) is 0 Å². The second kappa shape index (κ2) is 6.81. The molecule has 121 valence electrons. The van der Waals surface area contributed by atoms with E-state index >= 15 is 0 Å². The summed E-state index contributed by atoms with van der Waals surface area (Å²) in [5.74, 6) is 0. The molecule has 0 saturated heterocycles. The minimum absolute atomic E-state index is 1.20. The van der Waals surface area contributed by atoms with Crippen molar-refractivity contribution in [2.75, 3.05) is 0 Å². The fraction of sp³-hybridized carbons (Fsp3) is 0.333. The molecule has 0 unspecified atom stereocenters. The van der Waals surface area contributed by atoms with Crippen molar-refractivity contribution in [2.24, 2.45) is 0 Å². The summed E-state index contributed by atoms with van der Waals surface area (Å²) in [7, 11) is 0. The van der Waals surface area contributed by atoms with E-state index in [0.717, 1.165) is 0 Å². The van der Waals surface area contributed by atoms with Gasteiger partial charge < -0.3 is 0 Å². The summed E-state index contributed by atoms with van der Waals surface area (Å²) in [6, 6.07) is 21.3. The number of hydrogen-bond donors (Lipinski definition) is 0. The quantitative estimate of drug-likeness (QED) is 0.248. The number of unbranched alkanes of at least 4 members (excludes halogenated alkanes) is 5. The zero-order valence-corrected chi connectivity index (χ0v) is 14.6. The molecule has 0 bridgehead atoms. The molecule has 0 aromatic heterocycles. The number of benzene rings is 4. The predicted molar refractivity (Wildman–Crippen MR) is 106 cm³/mol. The molecular formula is C24H25. The Labute approximate surface area is 144 Å². The summed E-state index contributed by atoms with van der Waals surface area (Å²) >= 11 is 0. The van der Waals surface area contributed by atoms with E-state index in [2.05, 4.69) is 61.5 Å². The molecule has 4 aromatic carbocycles. The maximum Gasteiger partial charge on any atom is -0.00264 e. The first kappa shape index (κ1) is 15.4. The zero-order chi connectivity index (χ0) is 16.4. The molecule has 24 heavy (non-hydrogen) atoms. The van der Waals surface area contributed by atoms with Gasteiger partial charge in [0.1, 0.15) is 0 Å². The molecule has 0 heteroatoms. The van der Waals surface area contributed by atoms with Crippen molar-refractivity contribution < 1.29 is 0 Å². The summed E-state index contributed by atoms with van der Waals surface area (Å²) in [5.41, 5.74) is 1.49. The average molecular weight is 313 g/mol. The van der Waals surface area contributed by atoms with Crippen LogP contribution in [0.25, 0.3) is 32.3 Å². The molecule has 0 aliphatic carbocycles. The van der Waals surface area contributed by atoms with Crippen molar-refractivity contribution in [1.82, 2.24) is 0 Å². The fourth-order valence-corrected chi connectivity index (χ4v) is 4.00. The average Bonchev–Trinajstić information content (AvgIpc) is 2.62. The Morgan fingerprint density at radius 3 is 1.88 bits per heavy atom. The van der Waals surface area contributed by atoms with Crippen molar-refractivity contribution in [1.29, 1.82) is 0 Å². The Balaban J connectivity index is 1.62. The van der Waals surface area contributed by atoms with Crippen molar-refractivity contribution in [3.8, 4) is 0 Å². The van der Waals surface area contributed by atoms with E-state index < -0.39 is 0 Å². The second-order valence-electron chi connectivity index (χ2n) is 7.07. The maximum atomic E-state index is 3.26. The summed E-state index contributed by atoms with van der Waals surface area (Å²) in [4.78, 5) is 0. The molecule has 4 aromatic rings. The van der Waals surface area contributed by atoms with Crippen LogP contribution in [0.2, 0.25) is 0 Å². The van der Waals surface area contributed by atoms with E-state index in [1.165, 1.54) is 82.8 Å². The third-order valence-corrected chi connectivity index (χ3v) is 5.27. The van der Waals surface area contributed by atoms with Crippen molar-refractivity contribution in [2.45, 2.75) is 51.9 Å². The minimum Gasteiger partial charge on any atom is -0.0654 e. The lowest BCUT2D eigenvalue weighted by Gasteiger charge is -2.12. The fourth-order valence-electron chi connectivity index (χ4n) is 4.00. The van der Waals surface area contributed by atoms with Gasteiger partial charge in [-0.25, -0.2) is 0 Å². The predicted octanol–water partition coefficient (Wildman–Crippen LogP) is 7.29. The Morgan fingerprint density at radius 1 is 0.667 bits per heavy atom. The Hall–Kier alpha value is -2.08. The van der Waals surface area contributed by atoms with E-state index in [4.69, 9.17) is 0 Å². The van der Waals surface area contributed by atoms with E-state index in [-0.39, 0.29) is 0 Å². The van der Waals surface area contributed by atoms with Crippen LogP contribution in [0.3, 0.4) is 0 Å². The summed E-state index contributed by atoms with van der Waals surface area (Å²) in [6.07, 6.45) is 9.38. The largest absolute Gasteiger partial charge is 0.0654 e. The highest BCUT2D eigenvalue weighted by molar-refractivity contribution is 6.23. The van der Waals surface area contributed by atoms with E-state index in [0.29, 0.717) is 0 Å². The van der Waals surface area contributed by atoms with E-state index in [1.807, 2.05) is 0 Å². The molecule has 0 atom stereocenters. The highest BCUT2D eigenvalue weighted by Crippen LogP contribution is 2.35. The minimum atomic E-state index is 1.20. The van der Waals surface area contributed by atoms with Gasteiger partial charge in [-0.2, -0.15) is 0 Å². The molecule has 0 aliphatic rings. The standard InChI is InChI=1S/C24H25/c1-2-3-4-5-6-7-9-18-16-21-14-12-19-10-8-11-20-13-15-22(17-18)24(21)23(19)20/h10-17H,2-7,9H2,1H3. The van der Waals surface area contributed by atoms with Crippen LogP contribution in [0.5, 0.6) is 0 Å². The number of hydrogen-bond acceptors (Lipinski definition) is 0.